The molecule has 0 fully saturated rings. The average molecular weight is 471 g/mol. The molecule has 36 heavy (non-hydrogen) atoms. The van der Waals surface area contributed by atoms with Crippen molar-refractivity contribution in [2.45, 2.75) is 32.1 Å². The van der Waals surface area contributed by atoms with Crippen molar-refractivity contribution >= 4 is 5.78 Å². The summed E-state index contributed by atoms with van der Waals surface area (Å²) in [5.41, 5.74) is 7.16. The van der Waals surface area contributed by atoms with E-state index in [1.165, 1.54) is 5.56 Å². The molecule has 5 nitrogen and oxygen atoms in total. The molecule has 6 rings (SSSR count). The minimum absolute atomic E-state index is 0.0381. The van der Waals surface area contributed by atoms with Crippen molar-refractivity contribution in [2.24, 2.45) is 11.8 Å². The van der Waals surface area contributed by atoms with Gasteiger partial charge in [-0.1, -0.05) is 68.5 Å². The number of ketones is 1. The molecule has 2 aromatic heterocycles. The number of nitrogens with zero attached hydrogens (tertiary/aromatic N) is 4. The van der Waals surface area contributed by atoms with Crippen LogP contribution in [0, 0.1) is 18.4 Å². The van der Waals surface area contributed by atoms with Crippen molar-refractivity contribution in [3.63, 3.8) is 0 Å². The number of hydrogen-bond donors (Lipinski definition) is 0. The first-order valence-corrected chi connectivity index (χ1v) is 12.3. The molecule has 3 atom stereocenters. The SMILES string of the molecule is [C-]#[N+]C1=C[C@@]2(C)c3c(c(-c4ccccc4)nn3-c3cccc(-c4cccnc4)c3)CC[C@@H]2[C@@H](C)C1=O. The van der Waals surface area contributed by atoms with E-state index < -0.39 is 5.41 Å². The van der Waals surface area contributed by atoms with Gasteiger partial charge in [-0.3, -0.25) is 4.98 Å². The van der Waals surface area contributed by atoms with E-state index in [0.29, 0.717) is 0 Å². The van der Waals surface area contributed by atoms with Gasteiger partial charge < -0.3 is 4.79 Å². The van der Waals surface area contributed by atoms with Crippen LogP contribution in [0.5, 0.6) is 0 Å². The first-order chi connectivity index (χ1) is 17.5. The summed E-state index contributed by atoms with van der Waals surface area (Å²) in [6, 6.07) is 22.6. The summed E-state index contributed by atoms with van der Waals surface area (Å²) in [5.74, 6) is -0.130. The van der Waals surface area contributed by atoms with Gasteiger partial charge in [0.15, 0.2) is 5.78 Å². The van der Waals surface area contributed by atoms with E-state index >= 15 is 0 Å². The number of carbonyl (C=O) groups is 1. The Morgan fingerprint density at radius 2 is 1.81 bits per heavy atom. The lowest BCUT2D eigenvalue weighted by Gasteiger charge is -2.45. The molecule has 0 bridgehead atoms. The number of hydrogen-bond acceptors (Lipinski definition) is 3. The fourth-order valence-electron chi connectivity index (χ4n) is 6.18. The summed E-state index contributed by atoms with van der Waals surface area (Å²) in [7, 11) is 0. The largest absolute Gasteiger partial charge is 0.308 e. The third-order valence-electron chi connectivity index (χ3n) is 7.93. The van der Waals surface area contributed by atoms with Crippen LogP contribution in [0.2, 0.25) is 0 Å². The van der Waals surface area contributed by atoms with Crippen molar-refractivity contribution in [3.8, 4) is 28.1 Å². The first-order valence-electron chi connectivity index (χ1n) is 12.3. The Morgan fingerprint density at radius 3 is 2.56 bits per heavy atom. The van der Waals surface area contributed by atoms with Crippen LogP contribution in [0.4, 0.5) is 0 Å². The van der Waals surface area contributed by atoms with Crippen LogP contribution >= 0.6 is 0 Å². The van der Waals surface area contributed by atoms with Crippen LogP contribution in [0.25, 0.3) is 32.9 Å². The van der Waals surface area contributed by atoms with Gasteiger partial charge >= 0.3 is 0 Å². The summed E-state index contributed by atoms with van der Waals surface area (Å²) >= 11 is 0. The van der Waals surface area contributed by atoms with Gasteiger partial charge in [0.25, 0.3) is 0 Å². The standard InChI is InChI=1S/C31H26N4O/c1-20-26-15-14-25-28(21-9-5-4-6-10-21)34-35(30(25)31(26,2)18-27(32-3)29(20)36)24-13-7-11-22(17-24)23-12-8-16-33-19-23/h4-13,16-20,26H,14-15H2,1-2H3/t20-,26-,31-/m1/s1. The van der Waals surface area contributed by atoms with E-state index in [1.54, 1.807) is 6.20 Å². The maximum Gasteiger partial charge on any atom is 0.226 e. The molecule has 0 amide bonds. The summed E-state index contributed by atoms with van der Waals surface area (Å²) in [5, 5.41) is 5.21. The molecule has 5 heteroatoms. The second-order valence-corrected chi connectivity index (χ2v) is 9.97. The normalized spacial score (nSPS) is 22.8. The predicted octanol–water partition coefficient (Wildman–Crippen LogP) is 6.44. The van der Waals surface area contributed by atoms with Crippen LogP contribution in [0.3, 0.4) is 0 Å². The van der Waals surface area contributed by atoms with Crippen LogP contribution < -0.4 is 0 Å². The maximum absolute atomic E-state index is 12.9. The number of benzene rings is 2. The molecule has 0 radical (unpaired) electrons. The number of rotatable bonds is 3. The molecule has 0 saturated heterocycles. The summed E-state index contributed by atoms with van der Waals surface area (Å²) in [6.45, 7) is 11.8. The Kier molecular flexibility index (Phi) is 5.19. The van der Waals surface area contributed by atoms with Crippen molar-refractivity contribution in [2.75, 3.05) is 0 Å². The monoisotopic (exact) mass is 470 g/mol. The van der Waals surface area contributed by atoms with E-state index in [4.69, 9.17) is 11.7 Å². The minimum Gasteiger partial charge on any atom is -0.308 e. The van der Waals surface area contributed by atoms with Crippen molar-refractivity contribution < 1.29 is 4.79 Å². The van der Waals surface area contributed by atoms with Gasteiger partial charge in [-0.2, -0.15) is 5.10 Å². The quantitative estimate of drug-likeness (QED) is 0.324. The molecule has 2 aromatic carbocycles. The third kappa shape index (κ3) is 3.33. The molecule has 0 aliphatic heterocycles. The summed E-state index contributed by atoms with van der Waals surface area (Å²) in [4.78, 5) is 20.9. The number of pyridine rings is 1. The molecule has 0 unspecified atom stereocenters. The Bertz CT molecular complexity index is 1540. The smallest absolute Gasteiger partial charge is 0.226 e. The van der Waals surface area contributed by atoms with E-state index in [0.717, 1.165) is 46.6 Å². The van der Waals surface area contributed by atoms with Gasteiger partial charge in [0.1, 0.15) is 0 Å². The zero-order valence-corrected chi connectivity index (χ0v) is 20.3. The Morgan fingerprint density at radius 1 is 1.03 bits per heavy atom. The molecule has 0 saturated carbocycles. The fraction of sp³-hybridized carbons (Fsp3) is 0.226. The molecule has 4 aromatic rings. The maximum atomic E-state index is 12.9. The lowest BCUT2D eigenvalue weighted by molar-refractivity contribution is -0.121. The molecular weight excluding hydrogens is 444 g/mol. The van der Waals surface area contributed by atoms with E-state index in [1.807, 2.05) is 49.5 Å². The van der Waals surface area contributed by atoms with E-state index in [-0.39, 0.29) is 23.3 Å². The van der Waals surface area contributed by atoms with Gasteiger partial charge in [0.05, 0.1) is 23.6 Å². The first kappa shape index (κ1) is 22.2. The number of aromatic nitrogens is 3. The average Bonchev–Trinajstić information content (AvgIpc) is 3.33. The lowest BCUT2D eigenvalue weighted by atomic mass is 9.58. The van der Waals surface area contributed by atoms with E-state index in [9.17, 15) is 4.79 Å². The van der Waals surface area contributed by atoms with Gasteiger partial charge in [-0.25, -0.2) is 9.53 Å². The Hall–Kier alpha value is -4.30. The Labute approximate surface area is 211 Å². The van der Waals surface area contributed by atoms with Crippen LogP contribution in [-0.4, -0.2) is 20.5 Å². The minimum atomic E-state index is -0.481. The molecular formula is C31H26N4O. The molecule has 176 valence electrons. The second kappa shape index (κ2) is 8.42. The Balaban J connectivity index is 1.62. The molecule has 2 aliphatic rings. The van der Waals surface area contributed by atoms with Gasteiger partial charge in [-0.05, 0) is 42.5 Å². The predicted molar refractivity (Wildman–Crippen MR) is 140 cm³/mol. The van der Waals surface area contributed by atoms with Gasteiger partial charge in [-0.15, -0.1) is 0 Å². The van der Waals surface area contributed by atoms with Crippen molar-refractivity contribution in [1.82, 2.24) is 14.8 Å². The third-order valence-corrected chi connectivity index (χ3v) is 7.93. The lowest BCUT2D eigenvalue weighted by Crippen LogP contribution is -2.46. The van der Waals surface area contributed by atoms with Gasteiger partial charge in [0, 0.05) is 40.4 Å². The van der Waals surface area contributed by atoms with E-state index in [2.05, 4.69) is 57.8 Å². The van der Waals surface area contributed by atoms with Gasteiger partial charge in [0.2, 0.25) is 5.70 Å². The highest BCUT2D eigenvalue weighted by Crippen LogP contribution is 2.52. The zero-order valence-electron chi connectivity index (χ0n) is 20.3. The topological polar surface area (TPSA) is 52.1 Å². The van der Waals surface area contributed by atoms with Crippen molar-refractivity contribution in [1.29, 1.82) is 0 Å². The highest BCUT2D eigenvalue weighted by atomic mass is 16.1. The fourth-order valence-corrected chi connectivity index (χ4v) is 6.18. The molecule has 2 aliphatic carbocycles. The van der Waals surface area contributed by atoms with Crippen LogP contribution in [0.1, 0.15) is 31.5 Å². The molecule has 2 heterocycles. The summed E-state index contributed by atoms with van der Waals surface area (Å²) < 4.78 is 2.06. The van der Waals surface area contributed by atoms with Crippen molar-refractivity contribution in [3.05, 3.63) is 114 Å². The second-order valence-electron chi connectivity index (χ2n) is 9.97. The number of fused-ring (bicyclic) bond motifs is 3. The number of allylic oxidation sites excluding steroid dienone is 2. The number of Topliss-reactive ketones (excluding diaryl/α,β-unsaturated/α-hetero) is 1. The highest BCUT2D eigenvalue weighted by Gasteiger charge is 2.50. The number of carbonyl (C=O) groups excluding carboxylic acids is 1. The summed E-state index contributed by atoms with van der Waals surface area (Å²) in [6.07, 6.45) is 7.30. The van der Waals surface area contributed by atoms with Crippen LogP contribution in [-0.2, 0) is 16.6 Å². The highest BCUT2D eigenvalue weighted by molar-refractivity contribution is 6.00. The van der Waals surface area contributed by atoms with Crippen LogP contribution in [0.15, 0.2) is 90.9 Å². The zero-order chi connectivity index (χ0) is 24.9. The molecule has 0 spiro atoms. The molecule has 0 N–H and O–H groups in total.